The first-order valence-corrected chi connectivity index (χ1v) is 9.48. The summed E-state index contributed by atoms with van der Waals surface area (Å²) in [4.78, 5) is 17.4. The van der Waals surface area contributed by atoms with Crippen molar-refractivity contribution >= 4 is 36.4 Å². The molecule has 2 aromatic rings. The quantitative estimate of drug-likeness (QED) is 0.700. The van der Waals surface area contributed by atoms with Gasteiger partial charge in [-0.2, -0.15) is 0 Å². The van der Waals surface area contributed by atoms with Gasteiger partial charge in [0, 0.05) is 37.4 Å². The van der Waals surface area contributed by atoms with E-state index >= 15 is 0 Å². The zero-order valence-corrected chi connectivity index (χ0v) is 18.3. The Morgan fingerprint density at radius 2 is 1.89 bits per heavy atom. The van der Waals surface area contributed by atoms with E-state index in [9.17, 15) is 4.79 Å². The molecule has 1 atom stereocenters. The van der Waals surface area contributed by atoms with Crippen molar-refractivity contribution in [2.75, 3.05) is 31.9 Å². The summed E-state index contributed by atoms with van der Waals surface area (Å²) in [7, 11) is 0. The average molecular weight is 424 g/mol. The van der Waals surface area contributed by atoms with Gasteiger partial charge in [-0.05, 0) is 56.0 Å². The van der Waals surface area contributed by atoms with Gasteiger partial charge in [-0.1, -0.05) is 36.4 Å². The smallest absolute Gasteiger partial charge is 0.254 e. The molecule has 1 aliphatic heterocycles. The Labute approximate surface area is 180 Å². The highest BCUT2D eigenvalue weighted by atomic mass is 35.5. The van der Waals surface area contributed by atoms with E-state index in [1.165, 1.54) is 5.56 Å². The summed E-state index contributed by atoms with van der Waals surface area (Å²) >= 11 is 0. The highest BCUT2D eigenvalue weighted by molar-refractivity contribution is 5.96. The molecule has 1 saturated heterocycles. The fourth-order valence-electron chi connectivity index (χ4n) is 3.75. The summed E-state index contributed by atoms with van der Waals surface area (Å²) < 4.78 is 0. The molecule has 0 saturated carbocycles. The average Bonchev–Trinajstić information content (AvgIpc) is 3.09. The lowest BCUT2D eigenvalue weighted by Gasteiger charge is -2.25. The Hall–Kier alpha value is -1.75. The fourth-order valence-corrected chi connectivity index (χ4v) is 3.75. The van der Waals surface area contributed by atoms with Gasteiger partial charge < -0.3 is 10.6 Å². The van der Waals surface area contributed by atoms with E-state index < -0.39 is 0 Å². The minimum Gasteiger partial charge on any atom is -0.399 e. The van der Waals surface area contributed by atoms with E-state index in [1.54, 1.807) is 6.07 Å². The van der Waals surface area contributed by atoms with Crippen LogP contribution in [0.5, 0.6) is 0 Å². The number of carbonyl (C=O) groups excluding carboxylic acids is 1. The van der Waals surface area contributed by atoms with Crippen molar-refractivity contribution in [2.45, 2.75) is 26.8 Å². The number of rotatable bonds is 6. The maximum Gasteiger partial charge on any atom is 0.254 e. The molecule has 154 valence electrons. The van der Waals surface area contributed by atoms with Gasteiger partial charge in [0.2, 0.25) is 0 Å². The van der Waals surface area contributed by atoms with Gasteiger partial charge in [-0.15, -0.1) is 24.8 Å². The fraction of sp³-hybridized carbons (Fsp3) is 0.409. The number of hydrogen-bond acceptors (Lipinski definition) is 3. The molecule has 28 heavy (non-hydrogen) atoms. The monoisotopic (exact) mass is 423 g/mol. The Morgan fingerprint density at radius 1 is 1.18 bits per heavy atom. The second-order valence-electron chi connectivity index (χ2n) is 7.29. The minimum absolute atomic E-state index is 0. The first-order valence-electron chi connectivity index (χ1n) is 9.48. The number of hydrogen-bond donors (Lipinski definition) is 1. The van der Waals surface area contributed by atoms with Gasteiger partial charge in [0.1, 0.15) is 0 Å². The molecule has 1 amide bonds. The number of nitrogen functional groups attached to an aromatic ring is 1. The lowest BCUT2D eigenvalue weighted by atomic mass is 10.0. The zero-order chi connectivity index (χ0) is 18.5. The van der Waals surface area contributed by atoms with Gasteiger partial charge in [-0.25, -0.2) is 0 Å². The molecule has 1 unspecified atom stereocenters. The Balaban J connectivity index is 0.00000196. The first-order chi connectivity index (χ1) is 12.6. The Kier molecular flexibility index (Phi) is 9.80. The van der Waals surface area contributed by atoms with Crippen molar-refractivity contribution in [1.29, 1.82) is 0 Å². The van der Waals surface area contributed by atoms with E-state index in [4.69, 9.17) is 5.73 Å². The molecule has 0 bridgehead atoms. The van der Waals surface area contributed by atoms with E-state index in [2.05, 4.69) is 42.2 Å². The molecule has 0 radical (unpaired) electrons. The molecule has 0 spiro atoms. The maximum atomic E-state index is 13.0. The van der Waals surface area contributed by atoms with E-state index in [-0.39, 0.29) is 30.7 Å². The van der Waals surface area contributed by atoms with E-state index in [0.29, 0.717) is 11.6 Å². The molecule has 4 nitrogen and oxygen atoms in total. The molecule has 1 fully saturated rings. The van der Waals surface area contributed by atoms with Crippen LogP contribution < -0.4 is 5.73 Å². The molecular formula is C22H31Cl2N3O. The summed E-state index contributed by atoms with van der Waals surface area (Å²) in [6.07, 6.45) is 1.15. The summed E-state index contributed by atoms with van der Waals surface area (Å²) in [5.74, 6) is 0.628. The maximum absolute atomic E-state index is 13.0. The topological polar surface area (TPSA) is 49.6 Å². The van der Waals surface area contributed by atoms with Gasteiger partial charge in [-0.3, -0.25) is 9.69 Å². The second kappa shape index (κ2) is 11.3. The van der Waals surface area contributed by atoms with Crippen LogP contribution in [0.25, 0.3) is 0 Å². The number of aryl methyl sites for hydroxylation is 1. The SMILES string of the molecule is CCN(CC1CCN(Cc2ccccc2)C1)C(=O)c1cc(N)ccc1C.Cl.Cl. The normalized spacial score (nSPS) is 16.1. The van der Waals surface area contributed by atoms with Crippen molar-refractivity contribution in [3.05, 3.63) is 65.2 Å². The number of halogens is 2. The van der Waals surface area contributed by atoms with Crippen LogP contribution in [-0.4, -0.2) is 41.9 Å². The molecule has 3 rings (SSSR count). The summed E-state index contributed by atoms with van der Waals surface area (Å²) in [6.45, 7) is 8.70. The molecule has 2 aromatic carbocycles. The third-order valence-electron chi connectivity index (χ3n) is 5.26. The highest BCUT2D eigenvalue weighted by Crippen LogP contribution is 2.22. The predicted molar refractivity (Wildman–Crippen MR) is 121 cm³/mol. The highest BCUT2D eigenvalue weighted by Gasteiger charge is 2.26. The number of amides is 1. The zero-order valence-electron chi connectivity index (χ0n) is 16.6. The van der Waals surface area contributed by atoms with Crippen LogP contribution in [0.2, 0.25) is 0 Å². The van der Waals surface area contributed by atoms with Crippen LogP contribution in [0.4, 0.5) is 5.69 Å². The van der Waals surface area contributed by atoms with Gasteiger partial charge in [0.05, 0.1) is 0 Å². The van der Waals surface area contributed by atoms with Crippen LogP contribution in [0, 0.1) is 12.8 Å². The molecule has 0 aromatic heterocycles. The van der Waals surface area contributed by atoms with Crippen LogP contribution in [0.3, 0.4) is 0 Å². The molecule has 0 aliphatic carbocycles. The summed E-state index contributed by atoms with van der Waals surface area (Å²) in [5, 5.41) is 0. The molecule has 1 aliphatic rings. The van der Waals surface area contributed by atoms with Crippen LogP contribution in [0.1, 0.15) is 34.8 Å². The van der Waals surface area contributed by atoms with Crippen molar-refractivity contribution in [3.8, 4) is 0 Å². The standard InChI is InChI=1S/C22H29N3O.2ClH/c1-3-25(22(26)21-13-20(23)10-9-17(21)2)16-19-11-12-24(15-19)14-18-7-5-4-6-8-18;;/h4-10,13,19H,3,11-12,14-16,23H2,1-2H3;2*1H. The van der Waals surface area contributed by atoms with Crippen molar-refractivity contribution in [2.24, 2.45) is 5.92 Å². The van der Waals surface area contributed by atoms with Crippen molar-refractivity contribution < 1.29 is 4.79 Å². The molecule has 2 N–H and O–H groups in total. The van der Waals surface area contributed by atoms with Gasteiger partial charge in [0.25, 0.3) is 5.91 Å². The van der Waals surface area contributed by atoms with E-state index in [0.717, 1.165) is 50.3 Å². The Morgan fingerprint density at radius 3 is 2.57 bits per heavy atom. The Bertz CT molecular complexity index is 755. The van der Waals surface area contributed by atoms with Crippen molar-refractivity contribution in [3.63, 3.8) is 0 Å². The van der Waals surface area contributed by atoms with Crippen LogP contribution in [-0.2, 0) is 6.54 Å². The molecular weight excluding hydrogens is 393 g/mol. The van der Waals surface area contributed by atoms with Crippen molar-refractivity contribution in [1.82, 2.24) is 9.80 Å². The molecule has 1 heterocycles. The van der Waals surface area contributed by atoms with Gasteiger partial charge in [0.15, 0.2) is 0 Å². The van der Waals surface area contributed by atoms with Crippen LogP contribution >= 0.6 is 24.8 Å². The number of benzene rings is 2. The number of carbonyl (C=O) groups is 1. The number of anilines is 1. The van der Waals surface area contributed by atoms with Crippen LogP contribution in [0.15, 0.2) is 48.5 Å². The first kappa shape index (κ1) is 24.3. The van der Waals surface area contributed by atoms with Gasteiger partial charge >= 0.3 is 0 Å². The minimum atomic E-state index is 0. The number of likely N-dealkylation sites (tertiary alicyclic amines) is 1. The lowest BCUT2D eigenvalue weighted by Crippen LogP contribution is -2.36. The second-order valence-corrected chi connectivity index (χ2v) is 7.29. The van der Waals surface area contributed by atoms with E-state index in [1.807, 2.05) is 24.0 Å². The third kappa shape index (κ3) is 6.13. The number of nitrogens with zero attached hydrogens (tertiary/aromatic N) is 2. The predicted octanol–water partition coefficient (Wildman–Crippen LogP) is 4.41. The lowest BCUT2D eigenvalue weighted by molar-refractivity contribution is 0.0738. The number of nitrogens with two attached hydrogens (primary N) is 1. The summed E-state index contributed by atoms with van der Waals surface area (Å²) in [5.41, 5.74) is 9.60. The molecule has 6 heteroatoms. The third-order valence-corrected chi connectivity index (χ3v) is 5.26. The summed E-state index contributed by atoms with van der Waals surface area (Å²) in [6, 6.07) is 16.2. The largest absolute Gasteiger partial charge is 0.399 e.